The first-order valence-electron chi connectivity index (χ1n) is 10.8. The second kappa shape index (κ2) is 10.2. The van der Waals surface area contributed by atoms with E-state index in [0.717, 1.165) is 48.1 Å². The van der Waals surface area contributed by atoms with Gasteiger partial charge in [-0.05, 0) is 35.9 Å². The number of β-amino-alcohol motifs (C(OH)–C–C–N with tert-alkyl or cyclic N) is 1. The number of aliphatic hydroxyl groups excluding tert-OH is 1. The van der Waals surface area contributed by atoms with E-state index >= 15 is 0 Å². The van der Waals surface area contributed by atoms with Gasteiger partial charge in [-0.2, -0.15) is 0 Å². The van der Waals surface area contributed by atoms with E-state index in [9.17, 15) is 14.7 Å². The van der Waals surface area contributed by atoms with Crippen molar-refractivity contribution in [3.8, 4) is 5.75 Å². The highest BCUT2D eigenvalue weighted by atomic mass is 35.5. The zero-order valence-corrected chi connectivity index (χ0v) is 19.2. The van der Waals surface area contributed by atoms with Gasteiger partial charge in [0.1, 0.15) is 11.4 Å². The number of ether oxygens (including phenoxy) is 1. The van der Waals surface area contributed by atoms with E-state index in [1.54, 1.807) is 37.5 Å². The molecule has 0 radical (unpaired) electrons. The predicted molar refractivity (Wildman–Crippen MR) is 127 cm³/mol. The Bertz CT molecular complexity index is 1040. The number of hydrogen-bond donors (Lipinski definition) is 2. The van der Waals surface area contributed by atoms with Crippen molar-refractivity contribution >= 4 is 35.3 Å². The van der Waals surface area contributed by atoms with Gasteiger partial charge in [-0.15, -0.1) is 0 Å². The van der Waals surface area contributed by atoms with Crippen LogP contribution in [0.3, 0.4) is 0 Å². The average molecular weight is 471 g/mol. The number of carbonyl (C=O) groups excluding carboxylic acids is 2. The van der Waals surface area contributed by atoms with E-state index < -0.39 is 18.0 Å². The number of carbonyl (C=O) groups is 2. The number of para-hydroxylation sites is 2. The number of anilines is 1. The maximum atomic E-state index is 12.7. The Balaban J connectivity index is 1.30. The molecule has 0 bridgehead atoms. The maximum Gasteiger partial charge on any atom is 0.329 e. The van der Waals surface area contributed by atoms with Gasteiger partial charge in [0.25, 0.3) is 5.91 Å². The highest BCUT2D eigenvalue weighted by Crippen LogP contribution is 2.28. The van der Waals surface area contributed by atoms with Crippen LogP contribution in [-0.2, 0) is 4.79 Å². The molecular formula is C24H27ClN4O4. The molecule has 1 atom stereocenters. The summed E-state index contributed by atoms with van der Waals surface area (Å²) >= 11 is 5.89. The zero-order chi connectivity index (χ0) is 23.4. The number of imide groups is 1. The summed E-state index contributed by atoms with van der Waals surface area (Å²) in [4.78, 5) is 30.4. The number of nitrogens with zero attached hydrogens (tertiary/aromatic N) is 3. The van der Waals surface area contributed by atoms with E-state index in [2.05, 4.69) is 15.1 Å². The Kier molecular flexibility index (Phi) is 7.17. The molecule has 3 amide bonds. The standard InChI is InChI=1S/C24H27ClN4O4/c1-33-22-5-3-2-4-21(22)28-12-10-27(11-13-28)15-19(30)16-29-23(31)20(26-24(29)32)14-17-6-8-18(25)9-7-17/h2-9,14,19,30H,10-13,15-16H2,1H3,(H,26,32)/b20-14-. The largest absolute Gasteiger partial charge is 0.495 e. The van der Waals surface area contributed by atoms with E-state index in [-0.39, 0.29) is 12.2 Å². The molecule has 2 aliphatic rings. The first kappa shape index (κ1) is 23.1. The molecule has 1 unspecified atom stereocenters. The monoisotopic (exact) mass is 470 g/mol. The lowest BCUT2D eigenvalue weighted by Crippen LogP contribution is -2.50. The summed E-state index contributed by atoms with van der Waals surface area (Å²) in [7, 11) is 1.66. The number of rotatable bonds is 7. The first-order chi connectivity index (χ1) is 15.9. The minimum absolute atomic E-state index is 0.0602. The molecule has 2 aromatic carbocycles. The van der Waals surface area contributed by atoms with Crippen LogP contribution in [0.25, 0.3) is 6.08 Å². The van der Waals surface area contributed by atoms with Crippen molar-refractivity contribution in [1.29, 1.82) is 0 Å². The minimum atomic E-state index is -0.840. The summed E-state index contributed by atoms with van der Waals surface area (Å²) in [6.45, 7) is 3.44. The van der Waals surface area contributed by atoms with Crippen molar-refractivity contribution in [1.82, 2.24) is 15.1 Å². The molecule has 8 nitrogen and oxygen atoms in total. The van der Waals surface area contributed by atoms with Gasteiger partial charge in [-0.3, -0.25) is 14.6 Å². The van der Waals surface area contributed by atoms with Gasteiger partial charge in [0.05, 0.1) is 25.4 Å². The number of methoxy groups -OCH3 is 1. The molecule has 0 aromatic heterocycles. The summed E-state index contributed by atoms with van der Waals surface area (Å²) in [6.07, 6.45) is 0.757. The lowest BCUT2D eigenvalue weighted by Gasteiger charge is -2.37. The molecule has 2 heterocycles. The van der Waals surface area contributed by atoms with Crippen LogP contribution in [0.5, 0.6) is 5.75 Å². The van der Waals surface area contributed by atoms with Crippen LogP contribution < -0.4 is 15.0 Å². The van der Waals surface area contributed by atoms with Crippen molar-refractivity contribution in [2.75, 3.05) is 51.3 Å². The Morgan fingerprint density at radius 2 is 1.76 bits per heavy atom. The van der Waals surface area contributed by atoms with Crippen LogP contribution in [0.4, 0.5) is 10.5 Å². The number of nitrogens with one attached hydrogen (secondary N) is 1. The third kappa shape index (κ3) is 5.47. The number of benzene rings is 2. The summed E-state index contributed by atoms with van der Waals surface area (Å²) in [6, 6.07) is 14.3. The van der Waals surface area contributed by atoms with E-state index in [1.807, 2.05) is 24.3 Å². The molecule has 33 heavy (non-hydrogen) atoms. The number of halogens is 1. The van der Waals surface area contributed by atoms with Crippen LogP contribution in [0, 0.1) is 0 Å². The van der Waals surface area contributed by atoms with Crippen molar-refractivity contribution in [3.05, 3.63) is 64.8 Å². The molecule has 2 aromatic rings. The predicted octanol–water partition coefficient (Wildman–Crippen LogP) is 2.42. The van der Waals surface area contributed by atoms with Gasteiger partial charge in [0.15, 0.2) is 0 Å². The fourth-order valence-corrected chi connectivity index (χ4v) is 4.22. The van der Waals surface area contributed by atoms with Gasteiger partial charge in [-0.1, -0.05) is 35.9 Å². The van der Waals surface area contributed by atoms with Gasteiger partial charge in [0, 0.05) is 37.7 Å². The number of amides is 3. The van der Waals surface area contributed by atoms with Crippen LogP contribution in [0.1, 0.15) is 5.56 Å². The van der Waals surface area contributed by atoms with Crippen molar-refractivity contribution in [2.45, 2.75) is 6.10 Å². The van der Waals surface area contributed by atoms with Crippen molar-refractivity contribution in [3.63, 3.8) is 0 Å². The van der Waals surface area contributed by atoms with E-state index in [1.165, 1.54) is 0 Å². The molecule has 4 rings (SSSR count). The zero-order valence-electron chi connectivity index (χ0n) is 18.4. The minimum Gasteiger partial charge on any atom is -0.495 e. The van der Waals surface area contributed by atoms with Gasteiger partial charge >= 0.3 is 6.03 Å². The summed E-state index contributed by atoms with van der Waals surface area (Å²) in [5.74, 6) is 0.391. The number of aliphatic hydroxyl groups is 1. The Hall–Kier alpha value is -3.07. The molecule has 2 aliphatic heterocycles. The number of hydrogen-bond acceptors (Lipinski definition) is 6. The quantitative estimate of drug-likeness (QED) is 0.477. The summed E-state index contributed by atoms with van der Waals surface area (Å²) < 4.78 is 5.45. The third-order valence-electron chi connectivity index (χ3n) is 5.80. The fraction of sp³-hybridized carbons (Fsp3) is 0.333. The normalized spacial score (nSPS) is 19.2. The highest BCUT2D eigenvalue weighted by Gasteiger charge is 2.35. The summed E-state index contributed by atoms with van der Waals surface area (Å²) in [5.41, 5.74) is 1.98. The van der Waals surface area contributed by atoms with Crippen LogP contribution >= 0.6 is 11.6 Å². The maximum absolute atomic E-state index is 12.7. The molecule has 9 heteroatoms. The van der Waals surface area contributed by atoms with Crippen molar-refractivity contribution in [2.24, 2.45) is 0 Å². The Morgan fingerprint density at radius 3 is 2.45 bits per heavy atom. The molecular weight excluding hydrogens is 444 g/mol. The molecule has 2 fully saturated rings. The Labute approximate surface area is 198 Å². The van der Waals surface area contributed by atoms with Gasteiger partial charge in [0.2, 0.25) is 0 Å². The molecule has 2 N–H and O–H groups in total. The lowest BCUT2D eigenvalue weighted by molar-refractivity contribution is -0.124. The second-order valence-corrected chi connectivity index (χ2v) is 8.51. The summed E-state index contributed by atoms with van der Waals surface area (Å²) in [5, 5.41) is 13.8. The van der Waals surface area contributed by atoms with Gasteiger partial charge < -0.3 is 20.1 Å². The molecule has 0 spiro atoms. The van der Waals surface area contributed by atoms with Crippen LogP contribution in [0.2, 0.25) is 5.02 Å². The van der Waals surface area contributed by atoms with E-state index in [0.29, 0.717) is 11.6 Å². The van der Waals surface area contributed by atoms with Gasteiger partial charge in [-0.25, -0.2) is 4.79 Å². The van der Waals surface area contributed by atoms with Crippen molar-refractivity contribution < 1.29 is 19.4 Å². The average Bonchev–Trinajstić information content (AvgIpc) is 3.08. The van der Waals surface area contributed by atoms with E-state index in [4.69, 9.17) is 16.3 Å². The lowest BCUT2D eigenvalue weighted by atomic mass is 10.2. The number of piperazine rings is 1. The van der Waals surface area contributed by atoms with Crippen LogP contribution in [0.15, 0.2) is 54.2 Å². The topological polar surface area (TPSA) is 85.3 Å². The SMILES string of the molecule is COc1ccccc1N1CCN(CC(O)CN2C(=O)N/C(=C\c3ccc(Cl)cc3)C2=O)CC1. The molecule has 0 saturated carbocycles. The molecule has 174 valence electrons. The molecule has 2 saturated heterocycles. The smallest absolute Gasteiger partial charge is 0.329 e. The third-order valence-corrected chi connectivity index (χ3v) is 6.06. The Morgan fingerprint density at radius 1 is 1.06 bits per heavy atom. The van der Waals surface area contributed by atoms with Crippen LogP contribution in [-0.4, -0.2) is 79.3 Å². The first-order valence-corrected chi connectivity index (χ1v) is 11.2. The number of urea groups is 1. The fourth-order valence-electron chi connectivity index (χ4n) is 4.09. The second-order valence-electron chi connectivity index (χ2n) is 8.07. The highest BCUT2D eigenvalue weighted by molar-refractivity contribution is 6.30. The molecule has 0 aliphatic carbocycles.